The number of phenols is 1. The van der Waals surface area contributed by atoms with Crippen molar-refractivity contribution in [3.8, 4) is 17.2 Å². The highest BCUT2D eigenvalue weighted by molar-refractivity contribution is 5.85. The molecule has 50 heavy (non-hydrogen) atoms. The Bertz CT molecular complexity index is 1360. The average molecular weight is 750 g/mol. The number of nitrogens with zero attached hydrogens (tertiary/aromatic N) is 1. The number of ether oxygens (including phenoxy) is 5. The van der Waals surface area contributed by atoms with Crippen LogP contribution >= 0.6 is 0 Å². The molecule has 0 radical (unpaired) electrons. The number of phenolic OH excluding ortho intramolecular Hbond substituents is 1. The maximum Gasteiger partial charge on any atom is 0.460 e. The van der Waals surface area contributed by atoms with Gasteiger partial charge in [0.05, 0.1) is 45.3 Å². The zero-order chi connectivity index (χ0) is 37.9. The minimum atomic E-state index is -7.93. The Kier molecular flexibility index (Phi) is 15.0. The van der Waals surface area contributed by atoms with E-state index in [1.807, 2.05) is 0 Å². The number of alkyl halides is 13. The number of unbranched alkanes of at least 4 members (excludes halogenated alkanes) is 1. The number of hydrogen-bond acceptors (Lipinski definition) is 7. The van der Waals surface area contributed by atoms with Gasteiger partial charge in [0, 0.05) is 31.4 Å². The van der Waals surface area contributed by atoms with Crippen LogP contribution in [0.25, 0.3) is 0 Å². The topological polar surface area (TPSA) is 78.7 Å². The molecule has 0 fully saturated rings. The standard InChI is InChI=1S/C30H32F13NO6/c1-46-12-13-47-14-15-48-16-17-50-22-8-5-21(6-9-22)44-19-20-4-7-23(18-24(20)45)49-11-3-2-10-25(31,32)26(33,34)27(35,36)28(37,38)29(39,40)30(41,42)43/h4-9,18-19,45H,2-3,10-17H2,1H3. The SMILES string of the molecule is COCCOCCOCCOc1ccc(N=Cc2ccc(OCCCCC(F)(F)C(F)(F)C(F)(F)C(F)(F)C(F)(F)C(F)(F)F)cc2O)cc1. The van der Waals surface area contributed by atoms with Crippen LogP contribution in [0.4, 0.5) is 62.8 Å². The molecule has 0 spiro atoms. The predicted molar refractivity (Wildman–Crippen MR) is 151 cm³/mol. The third kappa shape index (κ3) is 10.5. The number of aliphatic imine (C=N–C) groups is 1. The second-order valence-electron chi connectivity index (χ2n) is 10.3. The van der Waals surface area contributed by atoms with Gasteiger partial charge in [-0.15, -0.1) is 0 Å². The van der Waals surface area contributed by atoms with E-state index in [4.69, 9.17) is 23.7 Å². The summed E-state index contributed by atoms with van der Waals surface area (Å²) in [6.45, 7) is 1.80. The Morgan fingerprint density at radius 1 is 0.600 bits per heavy atom. The minimum absolute atomic E-state index is 0.0820. The third-order valence-corrected chi connectivity index (χ3v) is 6.64. The highest BCUT2D eigenvalue weighted by Gasteiger charge is 2.90. The van der Waals surface area contributed by atoms with E-state index < -0.39 is 61.7 Å². The van der Waals surface area contributed by atoms with Crippen molar-refractivity contribution in [1.29, 1.82) is 0 Å². The fourth-order valence-corrected chi connectivity index (χ4v) is 3.78. The third-order valence-electron chi connectivity index (χ3n) is 6.64. The van der Waals surface area contributed by atoms with Gasteiger partial charge in [-0.1, -0.05) is 0 Å². The van der Waals surface area contributed by atoms with E-state index in [0.717, 1.165) is 6.07 Å². The fraction of sp³-hybridized carbons (Fsp3) is 0.567. The molecule has 0 aliphatic carbocycles. The highest BCUT2D eigenvalue weighted by Crippen LogP contribution is 2.60. The number of methoxy groups -OCH3 is 1. The number of halogens is 13. The van der Waals surface area contributed by atoms with Gasteiger partial charge in [0.1, 0.15) is 23.9 Å². The zero-order valence-corrected chi connectivity index (χ0v) is 26.0. The predicted octanol–water partition coefficient (Wildman–Crippen LogP) is 8.49. The van der Waals surface area contributed by atoms with Crippen molar-refractivity contribution in [1.82, 2.24) is 0 Å². The quantitative estimate of drug-likeness (QED) is 0.0740. The van der Waals surface area contributed by atoms with E-state index in [-0.39, 0.29) is 23.7 Å². The van der Waals surface area contributed by atoms with E-state index >= 15 is 0 Å². The van der Waals surface area contributed by atoms with Crippen LogP contribution in [0.1, 0.15) is 24.8 Å². The van der Waals surface area contributed by atoms with Crippen LogP contribution in [0.2, 0.25) is 0 Å². The van der Waals surface area contributed by atoms with Crippen LogP contribution < -0.4 is 9.47 Å². The van der Waals surface area contributed by atoms with Crippen LogP contribution in [0, 0.1) is 0 Å². The molecular weight excluding hydrogens is 717 g/mol. The Morgan fingerprint density at radius 2 is 1.12 bits per heavy atom. The normalized spacial score (nSPS) is 13.6. The summed E-state index contributed by atoms with van der Waals surface area (Å²) in [6, 6.07) is 10.2. The first kappa shape index (κ1) is 42.6. The van der Waals surface area contributed by atoms with Gasteiger partial charge in [0.25, 0.3) is 0 Å². The molecule has 0 aromatic heterocycles. The summed E-state index contributed by atoms with van der Waals surface area (Å²) in [5, 5.41) is 10.2. The Hall–Kier alpha value is -3.52. The Morgan fingerprint density at radius 3 is 1.68 bits per heavy atom. The summed E-state index contributed by atoms with van der Waals surface area (Å²) in [5.74, 6) is -36.9. The monoisotopic (exact) mass is 749 g/mol. The fourth-order valence-electron chi connectivity index (χ4n) is 3.78. The smallest absolute Gasteiger partial charge is 0.460 e. The molecule has 0 saturated carbocycles. The van der Waals surface area contributed by atoms with Gasteiger partial charge in [-0.2, -0.15) is 57.1 Å². The van der Waals surface area contributed by atoms with Gasteiger partial charge in [-0.05, 0) is 49.2 Å². The molecule has 0 aliphatic rings. The molecular formula is C30H32F13NO6. The van der Waals surface area contributed by atoms with Crippen molar-refractivity contribution in [2.45, 2.75) is 55.1 Å². The summed E-state index contributed by atoms with van der Waals surface area (Å²) in [6.07, 6.45) is -10.2. The lowest BCUT2D eigenvalue weighted by atomic mass is 9.92. The minimum Gasteiger partial charge on any atom is -0.507 e. The number of rotatable bonds is 22. The summed E-state index contributed by atoms with van der Waals surface area (Å²) < 4.78 is 198. The van der Waals surface area contributed by atoms with Gasteiger partial charge in [0.15, 0.2) is 0 Å². The second kappa shape index (κ2) is 17.6. The summed E-state index contributed by atoms with van der Waals surface area (Å²) in [7, 11) is 1.57. The summed E-state index contributed by atoms with van der Waals surface area (Å²) >= 11 is 0. The molecule has 1 N–H and O–H groups in total. The second-order valence-corrected chi connectivity index (χ2v) is 10.3. The van der Waals surface area contributed by atoms with Crippen molar-refractivity contribution in [3.05, 3.63) is 48.0 Å². The van der Waals surface area contributed by atoms with Gasteiger partial charge >= 0.3 is 35.8 Å². The van der Waals surface area contributed by atoms with Crippen molar-refractivity contribution >= 4 is 11.9 Å². The first-order valence-corrected chi connectivity index (χ1v) is 14.5. The van der Waals surface area contributed by atoms with E-state index in [2.05, 4.69) is 4.99 Å². The van der Waals surface area contributed by atoms with Crippen molar-refractivity contribution in [2.24, 2.45) is 4.99 Å². The van der Waals surface area contributed by atoms with Crippen LogP contribution in [-0.4, -0.2) is 100 Å². The van der Waals surface area contributed by atoms with Crippen molar-refractivity contribution in [3.63, 3.8) is 0 Å². The molecule has 0 heterocycles. The number of hydrogen-bond donors (Lipinski definition) is 1. The van der Waals surface area contributed by atoms with E-state index in [1.165, 1.54) is 18.3 Å². The lowest BCUT2D eigenvalue weighted by Crippen LogP contribution is -2.70. The summed E-state index contributed by atoms with van der Waals surface area (Å²) in [5.41, 5.74) is 0.663. The van der Waals surface area contributed by atoms with Crippen molar-refractivity contribution < 1.29 is 85.9 Å². The van der Waals surface area contributed by atoms with Crippen LogP contribution in [0.5, 0.6) is 17.2 Å². The molecule has 0 atom stereocenters. The summed E-state index contributed by atoms with van der Waals surface area (Å²) in [4.78, 5) is 4.19. The molecule has 2 aromatic rings. The molecule has 0 unspecified atom stereocenters. The van der Waals surface area contributed by atoms with Crippen LogP contribution in [0.15, 0.2) is 47.5 Å². The highest BCUT2D eigenvalue weighted by atomic mass is 19.4. The largest absolute Gasteiger partial charge is 0.507 e. The molecule has 284 valence electrons. The van der Waals surface area contributed by atoms with Crippen molar-refractivity contribution in [2.75, 3.05) is 53.4 Å². The zero-order valence-electron chi connectivity index (χ0n) is 26.0. The molecule has 0 amide bonds. The van der Waals surface area contributed by atoms with E-state index in [1.54, 1.807) is 31.4 Å². The maximum absolute atomic E-state index is 13.9. The van der Waals surface area contributed by atoms with Crippen LogP contribution in [-0.2, 0) is 14.2 Å². The van der Waals surface area contributed by atoms with Gasteiger partial charge in [0.2, 0.25) is 0 Å². The lowest BCUT2D eigenvalue weighted by molar-refractivity contribution is -0.440. The molecule has 2 aromatic carbocycles. The maximum atomic E-state index is 13.9. The molecule has 0 saturated heterocycles. The Labute approximate surface area is 276 Å². The van der Waals surface area contributed by atoms with Crippen LogP contribution in [0.3, 0.4) is 0 Å². The molecule has 0 aliphatic heterocycles. The molecule has 20 heteroatoms. The molecule has 2 rings (SSSR count). The van der Waals surface area contributed by atoms with E-state index in [9.17, 15) is 62.2 Å². The van der Waals surface area contributed by atoms with Gasteiger partial charge in [-0.25, -0.2) is 0 Å². The molecule has 7 nitrogen and oxygen atoms in total. The van der Waals surface area contributed by atoms with Gasteiger partial charge < -0.3 is 28.8 Å². The number of aromatic hydroxyl groups is 1. The average Bonchev–Trinajstić information content (AvgIpc) is 3.03. The lowest BCUT2D eigenvalue weighted by Gasteiger charge is -2.39. The number of benzene rings is 2. The molecule has 0 bridgehead atoms. The van der Waals surface area contributed by atoms with Gasteiger partial charge in [-0.3, -0.25) is 4.99 Å². The first-order chi connectivity index (χ1) is 23.1. The first-order valence-electron chi connectivity index (χ1n) is 14.5. The Balaban J connectivity index is 1.83. The van der Waals surface area contributed by atoms with E-state index in [0.29, 0.717) is 44.5 Å².